The summed E-state index contributed by atoms with van der Waals surface area (Å²) in [5, 5.41) is 2.92. The number of anilines is 1. The lowest BCUT2D eigenvalue weighted by Gasteiger charge is -2.25. The maximum absolute atomic E-state index is 13.3. The zero-order valence-corrected chi connectivity index (χ0v) is 19.4. The number of ether oxygens (including phenoxy) is 1. The zero-order valence-electron chi connectivity index (χ0n) is 17.1. The van der Waals surface area contributed by atoms with Crippen LogP contribution in [-0.2, 0) is 26.2 Å². The molecule has 0 saturated heterocycles. The second kappa shape index (κ2) is 11.3. The first-order valence-corrected chi connectivity index (χ1v) is 12.0. The number of benzene rings is 3. The molecule has 0 aliphatic carbocycles. The van der Waals surface area contributed by atoms with Gasteiger partial charge in [0.25, 0.3) is 10.0 Å². The number of carbonyl (C=O) groups excluding carboxylic acids is 1. The lowest BCUT2D eigenvalue weighted by Crippen LogP contribution is -2.41. The molecule has 0 atom stereocenters. The zero-order chi connectivity index (χ0) is 23.0. The molecule has 0 radical (unpaired) electrons. The van der Waals surface area contributed by atoms with E-state index in [-0.39, 0.29) is 33.8 Å². The van der Waals surface area contributed by atoms with E-state index in [0.717, 1.165) is 9.87 Å². The summed E-state index contributed by atoms with van der Waals surface area (Å²) >= 11 is 12.4. The summed E-state index contributed by atoms with van der Waals surface area (Å²) in [6.07, 6.45) is 0. The molecule has 0 bridgehead atoms. The summed E-state index contributed by atoms with van der Waals surface area (Å²) < 4.78 is 33.1. The van der Waals surface area contributed by atoms with Gasteiger partial charge in [0.05, 0.1) is 33.8 Å². The second-order valence-electron chi connectivity index (χ2n) is 6.79. The third-order valence-corrected chi connectivity index (χ3v) is 7.08. The minimum absolute atomic E-state index is 0.0371. The van der Waals surface area contributed by atoms with Crippen molar-refractivity contribution in [1.82, 2.24) is 5.32 Å². The number of rotatable bonds is 10. The Labute approximate surface area is 197 Å². The van der Waals surface area contributed by atoms with Crippen LogP contribution in [0.15, 0.2) is 83.8 Å². The van der Waals surface area contributed by atoms with Crippen molar-refractivity contribution in [3.05, 3.63) is 94.5 Å². The molecule has 0 saturated carbocycles. The van der Waals surface area contributed by atoms with E-state index in [1.54, 1.807) is 30.3 Å². The number of halogens is 2. The molecule has 0 spiro atoms. The van der Waals surface area contributed by atoms with Gasteiger partial charge in [-0.2, -0.15) is 0 Å². The molecule has 168 valence electrons. The molecule has 3 rings (SSSR count). The number of nitrogens with zero attached hydrogens (tertiary/aromatic N) is 1. The normalized spacial score (nSPS) is 11.2. The maximum Gasteiger partial charge on any atom is 0.264 e. The highest BCUT2D eigenvalue weighted by molar-refractivity contribution is 7.92. The van der Waals surface area contributed by atoms with Crippen molar-refractivity contribution in [2.45, 2.75) is 11.5 Å². The highest BCUT2D eigenvalue weighted by Gasteiger charge is 2.29. The number of hydrogen-bond donors (Lipinski definition) is 1. The van der Waals surface area contributed by atoms with E-state index in [1.807, 2.05) is 30.3 Å². The fraction of sp³-hybridized carbons (Fsp3) is 0.174. The van der Waals surface area contributed by atoms with E-state index in [4.69, 9.17) is 27.9 Å². The van der Waals surface area contributed by atoms with Gasteiger partial charge in [-0.1, -0.05) is 77.8 Å². The third-order valence-electron chi connectivity index (χ3n) is 4.50. The molecule has 32 heavy (non-hydrogen) atoms. The Morgan fingerprint density at radius 3 is 2.25 bits per heavy atom. The Bertz CT molecular complexity index is 1140. The van der Waals surface area contributed by atoms with Gasteiger partial charge in [-0.15, -0.1) is 0 Å². The summed E-state index contributed by atoms with van der Waals surface area (Å²) in [5.41, 5.74) is 1.15. The van der Waals surface area contributed by atoms with Gasteiger partial charge in [0, 0.05) is 6.54 Å². The Balaban J connectivity index is 1.69. The fourth-order valence-electron chi connectivity index (χ4n) is 2.92. The van der Waals surface area contributed by atoms with E-state index >= 15 is 0 Å². The van der Waals surface area contributed by atoms with Crippen LogP contribution in [0.1, 0.15) is 5.56 Å². The molecule has 0 aliphatic heterocycles. The molecule has 1 N–H and O–H groups in total. The average molecular weight is 493 g/mol. The minimum atomic E-state index is -4.06. The highest BCUT2D eigenvalue weighted by Crippen LogP contribution is 2.35. The Hall–Kier alpha value is -2.58. The van der Waals surface area contributed by atoms with Crippen molar-refractivity contribution in [2.24, 2.45) is 0 Å². The lowest BCUT2D eigenvalue weighted by molar-refractivity contribution is -0.119. The Kier molecular flexibility index (Phi) is 8.53. The molecule has 3 aromatic carbocycles. The quantitative estimate of drug-likeness (QED) is 0.422. The van der Waals surface area contributed by atoms with Crippen molar-refractivity contribution >= 4 is 44.8 Å². The van der Waals surface area contributed by atoms with E-state index in [9.17, 15) is 13.2 Å². The second-order valence-corrected chi connectivity index (χ2v) is 9.43. The SMILES string of the molecule is O=C(CN(c1cccc(Cl)c1Cl)S(=O)(=O)c1ccccc1)NCCOCc1ccccc1. The molecule has 6 nitrogen and oxygen atoms in total. The van der Waals surface area contributed by atoms with Gasteiger partial charge >= 0.3 is 0 Å². The lowest BCUT2D eigenvalue weighted by atomic mass is 10.2. The molecule has 1 amide bonds. The largest absolute Gasteiger partial charge is 0.375 e. The first kappa shape index (κ1) is 24.1. The topological polar surface area (TPSA) is 75.7 Å². The summed E-state index contributed by atoms with van der Waals surface area (Å²) in [7, 11) is -4.06. The summed E-state index contributed by atoms with van der Waals surface area (Å²) in [6, 6.07) is 22.1. The molecule has 0 unspecified atom stereocenters. The summed E-state index contributed by atoms with van der Waals surface area (Å²) in [5.74, 6) is -0.496. The first-order chi connectivity index (χ1) is 15.4. The molecule has 3 aromatic rings. The third kappa shape index (κ3) is 6.23. The number of hydrogen-bond acceptors (Lipinski definition) is 4. The molecule has 9 heteroatoms. The molecular formula is C23H22Cl2N2O4S. The Morgan fingerprint density at radius 2 is 1.56 bits per heavy atom. The van der Waals surface area contributed by atoms with Gasteiger partial charge in [-0.3, -0.25) is 9.10 Å². The Morgan fingerprint density at radius 1 is 0.906 bits per heavy atom. The number of nitrogens with one attached hydrogen (secondary N) is 1. The predicted molar refractivity (Wildman–Crippen MR) is 127 cm³/mol. The van der Waals surface area contributed by atoms with Gasteiger partial charge in [0.15, 0.2) is 0 Å². The minimum Gasteiger partial charge on any atom is -0.375 e. The van der Waals surface area contributed by atoms with Crippen LogP contribution in [0.3, 0.4) is 0 Å². The molecule has 0 heterocycles. The predicted octanol–water partition coefficient (Wildman–Crippen LogP) is 4.52. The van der Waals surface area contributed by atoms with Gasteiger partial charge in [-0.05, 0) is 29.8 Å². The van der Waals surface area contributed by atoms with Crippen LogP contribution < -0.4 is 9.62 Å². The van der Waals surface area contributed by atoms with E-state index in [2.05, 4.69) is 5.32 Å². The van der Waals surface area contributed by atoms with Crippen LogP contribution in [0.5, 0.6) is 0 Å². The molecule has 0 aromatic heterocycles. The van der Waals surface area contributed by atoms with Crippen LogP contribution in [-0.4, -0.2) is 34.0 Å². The van der Waals surface area contributed by atoms with Gasteiger partial charge < -0.3 is 10.1 Å². The highest BCUT2D eigenvalue weighted by atomic mass is 35.5. The van der Waals surface area contributed by atoms with Gasteiger partial charge in [0.1, 0.15) is 6.54 Å². The van der Waals surface area contributed by atoms with E-state index in [1.165, 1.54) is 18.2 Å². The standard InChI is InChI=1S/C23H22Cl2N2O4S/c24-20-12-7-13-21(23(20)25)27(32(29,30)19-10-5-2-6-11-19)16-22(28)26-14-15-31-17-18-8-3-1-4-9-18/h1-13H,14-17H2,(H,26,28). The van der Waals surface area contributed by atoms with E-state index < -0.39 is 22.5 Å². The molecule has 0 fully saturated rings. The monoisotopic (exact) mass is 492 g/mol. The molecular weight excluding hydrogens is 471 g/mol. The van der Waals surface area contributed by atoms with Crippen LogP contribution >= 0.6 is 23.2 Å². The van der Waals surface area contributed by atoms with Crippen LogP contribution in [0.4, 0.5) is 5.69 Å². The van der Waals surface area contributed by atoms with Crippen molar-refractivity contribution in [2.75, 3.05) is 24.0 Å². The van der Waals surface area contributed by atoms with Gasteiger partial charge in [0.2, 0.25) is 5.91 Å². The first-order valence-electron chi connectivity index (χ1n) is 9.80. The van der Waals surface area contributed by atoms with Gasteiger partial charge in [-0.25, -0.2) is 8.42 Å². The fourth-order valence-corrected chi connectivity index (χ4v) is 4.82. The van der Waals surface area contributed by atoms with Crippen LogP contribution in [0.25, 0.3) is 0 Å². The summed E-state index contributed by atoms with van der Waals surface area (Å²) in [6.45, 7) is 0.470. The number of carbonyl (C=O) groups is 1. The molecule has 0 aliphatic rings. The van der Waals surface area contributed by atoms with Crippen LogP contribution in [0.2, 0.25) is 10.0 Å². The average Bonchev–Trinajstić information content (AvgIpc) is 2.80. The smallest absolute Gasteiger partial charge is 0.264 e. The van der Waals surface area contributed by atoms with Crippen molar-refractivity contribution in [3.8, 4) is 0 Å². The maximum atomic E-state index is 13.3. The van der Waals surface area contributed by atoms with Crippen molar-refractivity contribution < 1.29 is 17.9 Å². The number of amides is 1. The summed E-state index contributed by atoms with van der Waals surface area (Å²) in [4.78, 5) is 12.6. The van der Waals surface area contributed by atoms with Crippen LogP contribution in [0, 0.1) is 0 Å². The van der Waals surface area contributed by atoms with E-state index in [0.29, 0.717) is 6.61 Å². The number of sulfonamides is 1. The van der Waals surface area contributed by atoms with Crippen molar-refractivity contribution in [3.63, 3.8) is 0 Å². The van der Waals surface area contributed by atoms with Crippen molar-refractivity contribution in [1.29, 1.82) is 0 Å².